The minimum absolute atomic E-state index is 0.479. The lowest BCUT2D eigenvalue weighted by Crippen LogP contribution is -2.46. The van der Waals surface area contributed by atoms with E-state index in [1.54, 1.807) is 0 Å². The summed E-state index contributed by atoms with van der Waals surface area (Å²) >= 11 is 0. The largest absolute Gasteiger partial charge is 0.386 e. The molecule has 20 heavy (non-hydrogen) atoms. The van der Waals surface area contributed by atoms with Gasteiger partial charge in [-0.1, -0.05) is 19.1 Å². The van der Waals surface area contributed by atoms with Crippen LogP contribution in [0, 0.1) is 0 Å². The Bertz CT molecular complexity index is 502. The average Bonchev–Trinajstić information content (AvgIpc) is 2.81. The van der Waals surface area contributed by atoms with Gasteiger partial charge in [0.15, 0.2) is 0 Å². The summed E-state index contributed by atoms with van der Waals surface area (Å²) in [7, 11) is 1.95. The molecule has 0 spiro atoms. The number of likely N-dealkylation sites (N-methyl/N-ethyl adjacent to an activating group) is 1. The number of piperidine rings is 1. The number of likely N-dealkylation sites (tertiary alicyclic amines) is 1. The van der Waals surface area contributed by atoms with Crippen LogP contribution in [0.1, 0.15) is 24.8 Å². The van der Waals surface area contributed by atoms with Crippen LogP contribution >= 0.6 is 0 Å². The minimum atomic E-state index is 0.479. The maximum absolute atomic E-state index is 11.1. The molecule has 0 amide bonds. The van der Waals surface area contributed by atoms with Crippen molar-refractivity contribution in [2.75, 3.05) is 43.4 Å². The van der Waals surface area contributed by atoms with Crippen LogP contribution in [0.25, 0.3) is 0 Å². The summed E-state index contributed by atoms with van der Waals surface area (Å²) in [6, 6.07) is 6.94. The van der Waals surface area contributed by atoms with Gasteiger partial charge >= 0.3 is 0 Å². The number of fused-ring (bicyclic) bond motifs is 3. The Labute approximate surface area is 120 Å². The number of anilines is 2. The van der Waals surface area contributed by atoms with Crippen molar-refractivity contribution in [3.8, 4) is 0 Å². The third-order valence-corrected chi connectivity index (χ3v) is 4.80. The molecule has 2 atom stereocenters. The normalized spacial score (nSPS) is 25.2. The number of benzene rings is 1. The van der Waals surface area contributed by atoms with Crippen molar-refractivity contribution >= 4 is 17.7 Å². The third-order valence-electron chi connectivity index (χ3n) is 4.80. The SMILES string of the molecule is CCN1CCC2C(C1)c1cccc(NC)c1N2CC=O. The zero-order chi connectivity index (χ0) is 14.1. The highest BCUT2D eigenvalue weighted by Gasteiger charge is 2.42. The van der Waals surface area contributed by atoms with Crippen LogP contribution in [0.15, 0.2) is 18.2 Å². The number of hydrogen-bond donors (Lipinski definition) is 1. The number of nitrogens with zero attached hydrogens (tertiary/aromatic N) is 2. The molecule has 0 aromatic heterocycles. The summed E-state index contributed by atoms with van der Waals surface area (Å²) < 4.78 is 0. The first-order valence-corrected chi connectivity index (χ1v) is 7.53. The molecule has 2 heterocycles. The van der Waals surface area contributed by atoms with Gasteiger partial charge in [-0.2, -0.15) is 0 Å². The quantitative estimate of drug-likeness (QED) is 0.850. The van der Waals surface area contributed by atoms with Crippen molar-refractivity contribution in [1.82, 2.24) is 4.90 Å². The van der Waals surface area contributed by atoms with E-state index in [-0.39, 0.29) is 0 Å². The van der Waals surface area contributed by atoms with Gasteiger partial charge in [0.1, 0.15) is 6.29 Å². The van der Waals surface area contributed by atoms with Crippen molar-refractivity contribution in [2.45, 2.75) is 25.3 Å². The lowest BCUT2D eigenvalue weighted by molar-refractivity contribution is -0.106. The van der Waals surface area contributed by atoms with Crippen molar-refractivity contribution < 1.29 is 4.79 Å². The summed E-state index contributed by atoms with van der Waals surface area (Å²) in [5, 5.41) is 3.28. The van der Waals surface area contributed by atoms with Crippen LogP contribution in [-0.2, 0) is 4.79 Å². The van der Waals surface area contributed by atoms with Gasteiger partial charge in [-0.25, -0.2) is 0 Å². The van der Waals surface area contributed by atoms with Gasteiger partial charge in [0.05, 0.1) is 17.9 Å². The summed E-state index contributed by atoms with van der Waals surface area (Å²) in [5.74, 6) is 0.534. The molecule has 0 saturated carbocycles. The smallest absolute Gasteiger partial charge is 0.139 e. The van der Waals surface area contributed by atoms with Crippen LogP contribution < -0.4 is 10.2 Å². The van der Waals surface area contributed by atoms with Crippen LogP contribution in [0.2, 0.25) is 0 Å². The second-order valence-electron chi connectivity index (χ2n) is 5.67. The molecule has 2 unspecified atom stereocenters. The Morgan fingerprint density at radius 2 is 2.30 bits per heavy atom. The van der Waals surface area contributed by atoms with Gasteiger partial charge in [-0.3, -0.25) is 0 Å². The first-order chi connectivity index (χ1) is 9.80. The molecule has 4 heteroatoms. The average molecular weight is 273 g/mol. The van der Waals surface area contributed by atoms with E-state index in [0.717, 1.165) is 38.0 Å². The second-order valence-corrected chi connectivity index (χ2v) is 5.67. The molecule has 1 aromatic rings. The van der Waals surface area contributed by atoms with Crippen LogP contribution in [-0.4, -0.2) is 50.5 Å². The molecule has 1 fully saturated rings. The highest BCUT2D eigenvalue weighted by molar-refractivity contribution is 5.80. The predicted molar refractivity (Wildman–Crippen MR) is 82.7 cm³/mol. The number of aldehydes is 1. The Balaban J connectivity index is 2.02. The fraction of sp³-hybridized carbons (Fsp3) is 0.562. The van der Waals surface area contributed by atoms with Crippen molar-refractivity contribution in [3.05, 3.63) is 23.8 Å². The molecule has 1 N–H and O–H groups in total. The monoisotopic (exact) mass is 273 g/mol. The first kappa shape index (κ1) is 13.4. The molecule has 0 bridgehead atoms. The zero-order valence-corrected chi connectivity index (χ0v) is 12.3. The Kier molecular flexibility index (Phi) is 3.66. The van der Waals surface area contributed by atoms with Gasteiger partial charge in [0, 0.05) is 32.1 Å². The summed E-state index contributed by atoms with van der Waals surface area (Å²) in [5.41, 5.74) is 3.79. The molecule has 0 aliphatic carbocycles. The molecule has 108 valence electrons. The number of nitrogens with one attached hydrogen (secondary N) is 1. The summed E-state index contributed by atoms with van der Waals surface area (Å²) in [4.78, 5) is 15.9. The van der Waals surface area contributed by atoms with Crippen LogP contribution in [0.3, 0.4) is 0 Å². The van der Waals surface area contributed by atoms with E-state index in [1.165, 1.54) is 11.3 Å². The van der Waals surface area contributed by atoms with Crippen molar-refractivity contribution in [2.24, 2.45) is 0 Å². The number of hydrogen-bond acceptors (Lipinski definition) is 4. The Morgan fingerprint density at radius 1 is 1.45 bits per heavy atom. The first-order valence-electron chi connectivity index (χ1n) is 7.53. The molecule has 3 rings (SSSR count). The molecule has 1 saturated heterocycles. The van der Waals surface area contributed by atoms with Crippen LogP contribution in [0.4, 0.5) is 11.4 Å². The number of carbonyl (C=O) groups excluding carboxylic acids is 1. The molecular weight excluding hydrogens is 250 g/mol. The maximum atomic E-state index is 11.1. The number of carbonyl (C=O) groups is 1. The minimum Gasteiger partial charge on any atom is -0.386 e. The molecular formula is C16H23N3O. The van der Waals surface area contributed by atoms with Gasteiger partial charge in [-0.15, -0.1) is 0 Å². The third kappa shape index (κ3) is 1.99. The Morgan fingerprint density at radius 3 is 3.00 bits per heavy atom. The standard InChI is InChI=1S/C16H23N3O/c1-3-18-8-7-15-13(11-18)12-5-4-6-14(17-2)16(12)19(15)9-10-20/h4-6,10,13,15,17H,3,7-9,11H2,1-2H3. The highest BCUT2D eigenvalue weighted by atomic mass is 16.1. The van der Waals surface area contributed by atoms with E-state index in [9.17, 15) is 4.79 Å². The fourth-order valence-electron chi connectivity index (χ4n) is 3.83. The van der Waals surface area contributed by atoms with Gasteiger partial charge in [0.25, 0.3) is 0 Å². The molecule has 1 aromatic carbocycles. The van der Waals surface area contributed by atoms with Gasteiger partial charge < -0.3 is 19.9 Å². The molecule has 0 radical (unpaired) electrons. The van der Waals surface area contributed by atoms with Gasteiger partial charge in [0.2, 0.25) is 0 Å². The van der Waals surface area contributed by atoms with E-state index in [1.807, 2.05) is 7.05 Å². The Hall–Kier alpha value is -1.55. The predicted octanol–water partition coefficient (Wildman–Crippen LogP) is 1.92. The lowest BCUT2D eigenvalue weighted by Gasteiger charge is -2.38. The number of para-hydroxylation sites is 1. The molecule has 4 nitrogen and oxygen atoms in total. The second kappa shape index (κ2) is 5.44. The summed E-state index contributed by atoms with van der Waals surface area (Å²) in [6.07, 6.45) is 2.18. The van der Waals surface area contributed by atoms with E-state index in [2.05, 4.69) is 40.2 Å². The highest BCUT2D eigenvalue weighted by Crippen LogP contribution is 2.47. The summed E-state index contributed by atoms with van der Waals surface area (Å²) in [6.45, 7) is 6.08. The van der Waals surface area contributed by atoms with Crippen LogP contribution in [0.5, 0.6) is 0 Å². The van der Waals surface area contributed by atoms with E-state index >= 15 is 0 Å². The van der Waals surface area contributed by atoms with Gasteiger partial charge in [-0.05, 0) is 24.6 Å². The van der Waals surface area contributed by atoms with Crippen molar-refractivity contribution in [3.63, 3.8) is 0 Å². The lowest BCUT2D eigenvalue weighted by atomic mass is 9.89. The fourth-order valence-corrected chi connectivity index (χ4v) is 3.83. The topological polar surface area (TPSA) is 35.6 Å². The molecule has 2 aliphatic heterocycles. The van der Waals surface area contributed by atoms with E-state index in [4.69, 9.17) is 0 Å². The van der Waals surface area contributed by atoms with Crippen molar-refractivity contribution in [1.29, 1.82) is 0 Å². The molecule has 2 aliphatic rings. The van der Waals surface area contributed by atoms with E-state index < -0.39 is 0 Å². The van der Waals surface area contributed by atoms with E-state index in [0.29, 0.717) is 18.5 Å². The maximum Gasteiger partial charge on any atom is 0.139 e. The number of rotatable bonds is 4. The zero-order valence-electron chi connectivity index (χ0n) is 12.3.